The number of fused-ring (bicyclic) bond motifs is 1. The van der Waals surface area contributed by atoms with Gasteiger partial charge in [-0.25, -0.2) is 9.59 Å². The maximum atomic E-state index is 10.6. The van der Waals surface area contributed by atoms with Gasteiger partial charge in [-0.15, -0.1) is 0 Å². The van der Waals surface area contributed by atoms with Crippen molar-refractivity contribution >= 4 is 23.3 Å². The Balaban J connectivity index is 2.17. The monoisotopic (exact) mass is 252 g/mol. The number of hydrazone groups is 1. The third kappa shape index (κ3) is 2.32. The van der Waals surface area contributed by atoms with E-state index in [0.717, 1.165) is 0 Å². The first-order valence-corrected chi connectivity index (χ1v) is 4.78. The van der Waals surface area contributed by atoms with Crippen LogP contribution in [0.3, 0.4) is 0 Å². The highest BCUT2D eigenvalue weighted by atomic mass is 16.7. The minimum absolute atomic E-state index is 0.109. The summed E-state index contributed by atoms with van der Waals surface area (Å²) in [6.07, 6.45) is 0. The second-order valence-corrected chi connectivity index (χ2v) is 3.25. The van der Waals surface area contributed by atoms with E-state index < -0.39 is 17.7 Å². The van der Waals surface area contributed by atoms with Crippen molar-refractivity contribution in [2.24, 2.45) is 5.10 Å². The zero-order valence-electron chi connectivity index (χ0n) is 8.91. The normalized spacial score (nSPS) is 11.8. The van der Waals surface area contributed by atoms with Crippen LogP contribution in [0.15, 0.2) is 23.3 Å². The van der Waals surface area contributed by atoms with Gasteiger partial charge < -0.3 is 19.7 Å². The summed E-state index contributed by atoms with van der Waals surface area (Å²) in [5.41, 5.74) is 1.71. The number of aliphatic carboxylic acids is 2. The molecule has 0 bridgehead atoms. The molecule has 2 rings (SSSR count). The second kappa shape index (κ2) is 4.62. The van der Waals surface area contributed by atoms with Crippen molar-refractivity contribution in [1.29, 1.82) is 0 Å². The molecule has 1 aromatic rings. The molecule has 1 heterocycles. The van der Waals surface area contributed by atoms with Crippen LogP contribution >= 0.6 is 0 Å². The maximum Gasteiger partial charge on any atom is 0.364 e. The van der Waals surface area contributed by atoms with Gasteiger partial charge in [-0.2, -0.15) is 5.10 Å². The molecular weight excluding hydrogens is 244 g/mol. The lowest BCUT2D eigenvalue weighted by molar-refractivity contribution is -0.134. The van der Waals surface area contributed by atoms with Crippen LogP contribution in [0.5, 0.6) is 11.5 Å². The van der Waals surface area contributed by atoms with Crippen LogP contribution in [0.1, 0.15) is 0 Å². The molecule has 0 radical (unpaired) electrons. The molecule has 8 nitrogen and oxygen atoms in total. The van der Waals surface area contributed by atoms with E-state index in [9.17, 15) is 9.59 Å². The zero-order valence-corrected chi connectivity index (χ0v) is 8.91. The van der Waals surface area contributed by atoms with Gasteiger partial charge in [-0.3, -0.25) is 5.43 Å². The fourth-order valence-electron chi connectivity index (χ4n) is 1.27. The highest BCUT2D eigenvalue weighted by Gasteiger charge is 2.19. The standard InChI is InChI=1S/C10H8N2O6/c13-9(14)8(10(15)16)12-11-5-1-2-6-7(3-5)18-4-17-6/h1-3,11H,4H2,(H,13,14)(H,15,16). The van der Waals surface area contributed by atoms with Crippen LogP contribution in [-0.2, 0) is 9.59 Å². The maximum absolute atomic E-state index is 10.6. The van der Waals surface area contributed by atoms with E-state index in [0.29, 0.717) is 17.2 Å². The molecular formula is C10H8N2O6. The summed E-state index contributed by atoms with van der Waals surface area (Å²) in [6, 6.07) is 4.67. The number of nitrogens with zero attached hydrogens (tertiary/aromatic N) is 1. The Morgan fingerprint density at radius 2 is 1.83 bits per heavy atom. The number of hydrogen-bond donors (Lipinski definition) is 3. The molecule has 1 aliphatic heterocycles. The van der Waals surface area contributed by atoms with Crippen molar-refractivity contribution in [3.05, 3.63) is 18.2 Å². The lowest BCUT2D eigenvalue weighted by atomic mass is 10.3. The van der Waals surface area contributed by atoms with Gasteiger partial charge in [0.15, 0.2) is 11.5 Å². The SMILES string of the molecule is O=C(O)C(=NNc1ccc2c(c1)OCO2)C(=O)O. The lowest BCUT2D eigenvalue weighted by Crippen LogP contribution is -2.24. The first-order chi connectivity index (χ1) is 8.58. The predicted molar refractivity (Wildman–Crippen MR) is 58.9 cm³/mol. The third-order valence-electron chi connectivity index (χ3n) is 2.07. The van der Waals surface area contributed by atoms with E-state index >= 15 is 0 Å². The number of anilines is 1. The minimum Gasteiger partial charge on any atom is -0.476 e. The number of hydrogen-bond acceptors (Lipinski definition) is 6. The van der Waals surface area contributed by atoms with Crippen molar-refractivity contribution in [2.45, 2.75) is 0 Å². The number of carboxylic acid groups (broad SMARTS) is 2. The van der Waals surface area contributed by atoms with Crippen molar-refractivity contribution < 1.29 is 29.3 Å². The lowest BCUT2D eigenvalue weighted by Gasteiger charge is -2.02. The number of nitrogens with one attached hydrogen (secondary N) is 1. The number of ether oxygens (including phenoxy) is 2. The molecule has 0 amide bonds. The number of rotatable bonds is 4. The average molecular weight is 252 g/mol. The van der Waals surface area contributed by atoms with E-state index in [1.165, 1.54) is 6.07 Å². The molecule has 1 aromatic carbocycles. The van der Waals surface area contributed by atoms with Gasteiger partial charge in [0.05, 0.1) is 5.69 Å². The van der Waals surface area contributed by atoms with E-state index in [4.69, 9.17) is 19.7 Å². The molecule has 0 spiro atoms. The first-order valence-electron chi connectivity index (χ1n) is 4.78. The fraction of sp³-hybridized carbons (Fsp3) is 0.100. The molecule has 0 unspecified atom stereocenters. The first kappa shape index (κ1) is 11.7. The summed E-state index contributed by atoms with van der Waals surface area (Å²) in [7, 11) is 0. The Labute approximate surface area is 100 Å². The number of carbonyl (C=O) groups is 2. The van der Waals surface area contributed by atoms with E-state index in [1.54, 1.807) is 12.1 Å². The third-order valence-corrected chi connectivity index (χ3v) is 2.07. The summed E-state index contributed by atoms with van der Waals surface area (Å²) in [5, 5.41) is 20.5. The van der Waals surface area contributed by atoms with E-state index in [1.807, 2.05) is 0 Å². The van der Waals surface area contributed by atoms with Crippen LogP contribution in [0, 0.1) is 0 Å². The summed E-state index contributed by atoms with van der Waals surface area (Å²) in [5.74, 6) is -2.23. The number of benzene rings is 1. The molecule has 0 saturated carbocycles. The van der Waals surface area contributed by atoms with Gasteiger partial charge >= 0.3 is 11.9 Å². The largest absolute Gasteiger partial charge is 0.476 e. The van der Waals surface area contributed by atoms with Crippen molar-refractivity contribution in [3.63, 3.8) is 0 Å². The summed E-state index contributed by atoms with van der Waals surface area (Å²) in [4.78, 5) is 21.1. The average Bonchev–Trinajstić information content (AvgIpc) is 2.75. The van der Waals surface area contributed by atoms with Gasteiger partial charge in [0, 0.05) is 6.07 Å². The zero-order chi connectivity index (χ0) is 13.1. The summed E-state index contributed by atoms with van der Waals surface area (Å²) >= 11 is 0. The van der Waals surface area contributed by atoms with Crippen LogP contribution in [-0.4, -0.2) is 34.7 Å². The Morgan fingerprint density at radius 1 is 1.17 bits per heavy atom. The molecule has 18 heavy (non-hydrogen) atoms. The molecule has 8 heteroatoms. The van der Waals surface area contributed by atoms with Crippen LogP contribution in [0.25, 0.3) is 0 Å². The topological polar surface area (TPSA) is 117 Å². The van der Waals surface area contributed by atoms with Crippen LogP contribution in [0.2, 0.25) is 0 Å². The van der Waals surface area contributed by atoms with Crippen LogP contribution in [0.4, 0.5) is 5.69 Å². The predicted octanol–water partition coefficient (Wildman–Crippen LogP) is 0.352. The van der Waals surface area contributed by atoms with Crippen molar-refractivity contribution in [1.82, 2.24) is 0 Å². The fourth-order valence-corrected chi connectivity index (χ4v) is 1.27. The van der Waals surface area contributed by atoms with Crippen molar-refractivity contribution in [3.8, 4) is 11.5 Å². The molecule has 94 valence electrons. The van der Waals surface area contributed by atoms with Gasteiger partial charge in [0.1, 0.15) is 0 Å². The Morgan fingerprint density at radius 3 is 2.50 bits per heavy atom. The molecule has 1 aliphatic rings. The molecule has 0 atom stereocenters. The minimum atomic E-state index is -1.63. The Hall–Kier alpha value is -2.77. The highest BCUT2D eigenvalue weighted by Crippen LogP contribution is 2.34. The molecule has 3 N–H and O–H groups in total. The Kier molecular flexibility index (Phi) is 3.00. The molecule has 0 aromatic heterocycles. The number of carboxylic acids is 2. The molecule has 0 aliphatic carbocycles. The smallest absolute Gasteiger partial charge is 0.364 e. The second-order valence-electron chi connectivity index (χ2n) is 3.25. The van der Waals surface area contributed by atoms with Crippen molar-refractivity contribution in [2.75, 3.05) is 12.2 Å². The Bertz CT molecular complexity index is 523. The van der Waals surface area contributed by atoms with E-state index in [2.05, 4.69) is 10.5 Å². The highest BCUT2D eigenvalue weighted by molar-refractivity contribution is 6.61. The quantitative estimate of drug-likeness (QED) is 0.402. The van der Waals surface area contributed by atoms with Gasteiger partial charge in [-0.1, -0.05) is 0 Å². The molecule has 0 saturated heterocycles. The van der Waals surface area contributed by atoms with Gasteiger partial charge in [-0.05, 0) is 12.1 Å². The molecule has 0 fully saturated rings. The summed E-state index contributed by atoms with van der Waals surface area (Å²) < 4.78 is 10.2. The van der Waals surface area contributed by atoms with Crippen LogP contribution < -0.4 is 14.9 Å². The van der Waals surface area contributed by atoms with Gasteiger partial charge in [0.25, 0.3) is 5.71 Å². The van der Waals surface area contributed by atoms with E-state index in [-0.39, 0.29) is 6.79 Å². The van der Waals surface area contributed by atoms with Gasteiger partial charge in [0.2, 0.25) is 6.79 Å². The summed E-state index contributed by atoms with van der Waals surface area (Å²) in [6.45, 7) is 0.109.